The van der Waals surface area contributed by atoms with E-state index in [1.165, 1.54) is 0 Å². The molecule has 0 amide bonds. The Balaban J connectivity index is 4.08. The summed E-state index contributed by atoms with van der Waals surface area (Å²) in [6.45, 7) is 5.65. The predicted molar refractivity (Wildman–Crippen MR) is 58.0 cm³/mol. The van der Waals surface area contributed by atoms with Gasteiger partial charge in [-0.3, -0.25) is 0 Å². The van der Waals surface area contributed by atoms with Crippen LogP contribution in [0.5, 0.6) is 0 Å². The van der Waals surface area contributed by atoms with E-state index >= 15 is 0 Å². The van der Waals surface area contributed by atoms with Gasteiger partial charge < -0.3 is 0 Å². The summed E-state index contributed by atoms with van der Waals surface area (Å²) in [6.07, 6.45) is 1.47. The molecule has 0 bridgehead atoms. The van der Waals surface area contributed by atoms with Crippen molar-refractivity contribution in [3.63, 3.8) is 0 Å². The van der Waals surface area contributed by atoms with Crippen LogP contribution in [0.4, 0.5) is 0 Å². The molecule has 0 saturated carbocycles. The highest BCUT2D eigenvalue weighted by Crippen LogP contribution is 2.13. The number of unbranched alkanes of at least 4 members (excludes halogenated alkanes) is 1. The number of hydrogen-bond acceptors (Lipinski definition) is 2. The first-order valence-electron chi connectivity index (χ1n) is 4.69. The third kappa shape index (κ3) is 4.87. The van der Waals surface area contributed by atoms with E-state index in [2.05, 4.69) is 0 Å². The first-order chi connectivity index (χ1) is 5.91. The molecule has 4 heteroatoms. The van der Waals surface area contributed by atoms with E-state index in [4.69, 9.17) is 11.6 Å². The predicted octanol–water partition coefficient (Wildman–Crippen LogP) is 2.46. The smallest absolute Gasteiger partial charge is 0.153 e. The average Bonchev–Trinajstić information content (AvgIpc) is 2.03. The Hall–Kier alpha value is 0.240. The molecule has 80 valence electrons. The normalized spacial score (nSPS) is 14.8. The van der Waals surface area contributed by atoms with Gasteiger partial charge in [-0.1, -0.05) is 13.8 Å². The molecule has 0 rings (SSSR count). The molecule has 2 nitrogen and oxygen atoms in total. The van der Waals surface area contributed by atoms with E-state index in [9.17, 15) is 8.42 Å². The number of sulfone groups is 1. The molecule has 1 unspecified atom stereocenters. The fraction of sp³-hybridized carbons (Fsp3) is 1.00. The Kier molecular flexibility index (Phi) is 5.97. The molecule has 0 radical (unpaired) electrons. The SMILES string of the molecule is CC(C)C(C)S(=O)(=O)CCCCCl. The zero-order chi connectivity index (χ0) is 10.5. The molecule has 0 aromatic heterocycles. The minimum Gasteiger partial charge on any atom is -0.229 e. The second kappa shape index (κ2) is 5.86. The van der Waals surface area contributed by atoms with Gasteiger partial charge in [0, 0.05) is 5.88 Å². The monoisotopic (exact) mass is 226 g/mol. The number of hydrogen-bond donors (Lipinski definition) is 0. The van der Waals surface area contributed by atoms with Crippen molar-refractivity contribution in [2.45, 2.75) is 38.9 Å². The van der Waals surface area contributed by atoms with E-state index in [1.54, 1.807) is 6.92 Å². The van der Waals surface area contributed by atoms with Crippen molar-refractivity contribution < 1.29 is 8.42 Å². The van der Waals surface area contributed by atoms with E-state index in [-0.39, 0.29) is 16.9 Å². The Bertz CT molecular complexity index is 222. The lowest BCUT2D eigenvalue weighted by molar-refractivity contribution is 0.543. The van der Waals surface area contributed by atoms with Crippen molar-refractivity contribution in [1.82, 2.24) is 0 Å². The molecule has 13 heavy (non-hydrogen) atoms. The summed E-state index contributed by atoms with van der Waals surface area (Å²) in [4.78, 5) is 0. The zero-order valence-electron chi connectivity index (χ0n) is 8.59. The Labute approximate surface area is 86.6 Å². The summed E-state index contributed by atoms with van der Waals surface area (Å²) in [6, 6.07) is 0. The zero-order valence-corrected chi connectivity index (χ0v) is 10.2. The molecule has 0 aliphatic heterocycles. The van der Waals surface area contributed by atoms with Gasteiger partial charge in [-0.05, 0) is 25.7 Å². The van der Waals surface area contributed by atoms with Crippen LogP contribution in [0.1, 0.15) is 33.6 Å². The van der Waals surface area contributed by atoms with Crippen LogP contribution in [0.25, 0.3) is 0 Å². The third-order valence-corrected chi connectivity index (χ3v) is 5.12. The third-order valence-electron chi connectivity index (χ3n) is 2.32. The summed E-state index contributed by atoms with van der Waals surface area (Å²) in [7, 11) is -2.89. The molecule has 0 aliphatic carbocycles. The van der Waals surface area contributed by atoms with Gasteiger partial charge in [0.2, 0.25) is 0 Å². The second-order valence-corrected chi connectivity index (χ2v) is 6.57. The maximum Gasteiger partial charge on any atom is 0.153 e. The van der Waals surface area contributed by atoms with Crippen molar-refractivity contribution in [1.29, 1.82) is 0 Å². The van der Waals surface area contributed by atoms with Crippen molar-refractivity contribution >= 4 is 21.4 Å². The van der Waals surface area contributed by atoms with Crippen LogP contribution < -0.4 is 0 Å². The molecule has 0 aromatic carbocycles. The molecule has 0 saturated heterocycles. The molecule has 0 spiro atoms. The first kappa shape index (κ1) is 13.2. The van der Waals surface area contributed by atoms with E-state index in [0.717, 1.165) is 6.42 Å². The lowest BCUT2D eigenvalue weighted by Gasteiger charge is -2.15. The van der Waals surface area contributed by atoms with Gasteiger partial charge in [0.05, 0.1) is 11.0 Å². The van der Waals surface area contributed by atoms with Crippen molar-refractivity contribution in [3.05, 3.63) is 0 Å². The highest BCUT2D eigenvalue weighted by molar-refractivity contribution is 7.92. The van der Waals surface area contributed by atoms with Gasteiger partial charge in [-0.15, -0.1) is 11.6 Å². The Morgan fingerprint density at radius 1 is 1.15 bits per heavy atom. The minimum absolute atomic E-state index is 0.195. The van der Waals surface area contributed by atoms with Crippen LogP contribution >= 0.6 is 11.6 Å². The Morgan fingerprint density at radius 2 is 1.69 bits per heavy atom. The van der Waals surface area contributed by atoms with E-state index < -0.39 is 9.84 Å². The van der Waals surface area contributed by atoms with Gasteiger partial charge in [-0.25, -0.2) is 8.42 Å². The summed E-state index contributed by atoms with van der Waals surface area (Å²) in [5.74, 6) is 1.02. The molecular weight excluding hydrogens is 208 g/mol. The van der Waals surface area contributed by atoms with Crippen LogP contribution in [-0.2, 0) is 9.84 Å². The van der Waals surface area contributed by atoms with Crippen molar-refractivity contribution in [2.24, 2.45) is 5.92 Å². The summed E-state index contributed by atoms with van der Waals surface area (Å²) in [5, 5.41) is -0.233. The maximum atomic E-state index is 11.6. The van der Waals surface area contributed by atoms with E-state index in [1.807, 2.05) is 13.8 Å². The molecular formula is C9H19ClO2S. The summed E-state index contributed by atoms with van der Waals surface area (Å²) >= 11 is 5.48. The fourth-order valence-corrected chi connectivity index (χ4v) is 2.99. The molecule has 0 heterocycles. The first-order valence-corrected chi connectivity index (χ1v) is 6.94. The largest absolute Gasteiger partial charge is 0.229 e. The minimum atomic E-state index is -2.89. The topological polar surface area (TPSA) is 34.1 Å². The van der Waals surface area contributed by atoms with E-state index in [0.29, 0.717) is 12.3 Å². The van der Waals surface area contributed by atoms with Gasteiger partial charge in [0.15, 0.2) is 9.84 Å². The maximum absolute atomic E-state index is 11.6. The molecule has 0 N–H and O–H groups in total. The highest BCUT2D eigenvalue weighted by atomic mass is 35.5. The van der Waals surface area contributed by atoms with Crippen molar-refractivity contribution in [3.8, 4) is 0 Å². The number of halogens is 1. The Morgan fingerprint density at radius 3 is 2.08 bits per heavy atom. The van der Waals surface area contributed by atoms with Gasteiger partial charge in [-0.2, -0.15) is 0 Å². The van der Waals surface area contributed by atoms with Crippen LogP contribution in [0.15, 0.2) is 0 Å². The summed E-state index contributed by atoms with van der Waals surface area (Å²) < 4.78 is 23.2. The molecule has 0 fully saturated rings. The van der Waals surface area contributed by atoms with Gasteiger partial charge >= 0.3 is 0 Å². The lowest BCUT2D eigenvalue weighted by atomic mass is 10.2. The van der Waals surface area contributed by atoms with Crippen LogP contribution in [0.2, 0.25) is 0 Å². The fourth-order valence-electron chi connectivity index (χ4n) is 0.998. The second-order valence-electron chi connectivity index (χ2n) is 3.71. The van der Waals surface area contributed by atoms with Crippen LogP contribution in [-0.4, -0.2) is 25.3 Å². The van der Waals surface area contributed by atoms with Gasteiger partial charge in [0.25, 0.3) is 0 Å². The lowest BCUT2D eigenvalue weighted by Crippen LogP contribution is -2.26. The number of alkyl halides is 1. The average molecular weight is 227 g/mol. The van der Waals surface area contributed by atoms with Crippen molar-refractivity contribution in [2.75, 3.05) is 11.6 Å². The number of rotatable bonds is 6. The summed E-state index contributed by atoms with van der Waals surface area (Å²) in [5.41, 5.74) is 0. The standard InChI is InChI=1S/C9H19ClO2S/c1-8(2)9(3)13(11,12)7-5-4-6-10/h8-9H,4-7H2,1-3H3. The van der Waals surface area contributed by atoms with Crippen LogP contribution in [0.3, 0.4) is 0 Å². The quantitative estimate of drug-likeness (QED) is 0.515. The van der Waals surface area contributed by atoms with Crippen LogP contribution in [0, 0.1) is 5.92 Å². The molecule has 0 aliphatic rings. The highest BCUT2D eigenvalue weighted by Gasteiger charge is 2.22. The molecule has 0 aromatic rings. The van der Waals surface area contributed by atoms with Gasteiger partial charge in [0.1, 0.15) is 0 Å². The molecule has 1 atom stereocenters.